The molecule has 16 heavy (non-hydrogen) atoms. The first-order valence-electron chi connectivity index (χ1n) is 5.21. The van der Waals surface area contributed by atoms with Crippen molar-refractivity contribution >= 4 is 17.3 Å². The van der Waals surface area contributed by atoms with Gasteiger partial charge in [0.2, 0.25) is 0 Å². The summed E-state index contributed by atoms with van der Waals surface area (Å²) in [6.07, 6.45) is 0.662. The zero-order valence-corrected chi connectivity index (χ0v) is 10.6. The van der Waals surface area contributed by atoms with E-state index in [1.165, 1.54) is 0 Å². The summed E-state index contributed by atoms with van der Waals surface area (Å²) in [5, 5.41) is 12.8. The lowest BCUT2D eigenvalue weighted by Crippen LogP contribution is -2.32. The fraction of sp³-hybridized carbons (Fsp3) is 0.500. The van der Waals surface area contributed by atoms with E-state index in [0.29, 0.717) is 11.4 Å². The number of hydrogen-bond acceptors (Lipinski definition) is 3. The van der Waals surface area contributed by atoms with Gasteiger partial charge in [0.05, 0.1) is 17.8 Å². The third kappa shape index (κ3) is 3.58. The predicted octanol–water partition coefficient (Wildman–Crippen LogP) is 2.92. The first-order chi connectivity index (χ1) is 7.48. The molecular weight excluding hydrogens is 226 g/mol. The van der Waals surface area contributed by atoms with Gasteiger partial charge < -0.3 is 15.2 Å². The summed E-state index contributed by atoms with van der Waals surface area (Å²) in [6.45, 7) is 4.18. The Bertz CT molecular complexity index is 353. The van der Waals surface area contributed by atoms with Gasteiger partial charge in [-0.2, -0.15) is 0 Å². The van der Waals surface area contributed by atoms with Gasteiger partial charge in [0, 0.05) is 18.2 Å². The average molecular weight is 244 g/mol. The second-order valence-corrected chi connectivity index (χ2v) is 4.74. The molecule has 0 aromatic heterocycles. The van der Waals surface area contributed by atoms with Crippen LogP contribution in [0.5, 0.6) is 5.75 Å². The third-order valence-corrected chi connectivity index (χ3v) is 2.70. The molecule has 0 aliphatic heterocycles. The third-order valence-electron chi connectivity index (χ3n) is 2.39. The molecule has 90 valence electrons. The van der Waals surface area contributed by atoms with E-state index in [-0.39, 0.29) is 12.1 Å². The highest BCUT2D eigenvalue weighted by Crippen LogP contribution is 2.29. The fourth-order valence-electron chi connectivity index (χ4n) is 1.43. The van der Waals surface area contributed by atoms with Crippen molar-refractivity contribution in [2.45, 2.75) is 25.8 Å². The fourth-order valence-corrected chi connectivity index (χ4v) is 1.65. The summed E-state index contributed by atoms with van der Waals surface area (Å²) >= 11 is 6.11. The van der Waals surface area contributed by atoms with Crippen molar-refractivity contribution in [2.24, 2.45) is 0 Å². The first-order valence-corrected chi connectivity index (χ1v) is 5.59. The smallest absolute Gasteiger partial charge is 0.120 e. The minimum absolute atomic E-state index is 0.147. The summed E-state index contributed by atoms with van der Waals surface area (Å²) in [6, 6.07) is 5.49. The number of nitrogens with one attached hydrogen (secondary N) is 1. The van der Waals surface area contributed by atoms with Crippen LogP contribution in [0.15, 0.2) is 18.2 Å². The van der Waals surface area contributed by atoms with Crippen LogP contribution in [0.4, 0.5) is 5.69 Å². The molecule has 3 nitrogen and oxygen atoms in total. The standard InChI is InChI=1S/C12H18ClNO2/c1-12(2,6-7-15)14-11-5-4-9(16-3)8-10(11)13/h4-5,8,14-15H,6-7H2,1-3H3. The van der Waals surface area contributed by atoms with E-state index >= 15 is 0 Å². The summed E-state index contributed by atoms with van der Waals surface area (Å²) in [5.41, 5.74) is 0.661. The van der Waals surface area contributed by atoms with Crippen molar-refractivity contribution in [1.82, 2.24) is 0 Å². The van der Waals surface area contributed by atoms with Gasteiger partial charge in [0.15, 0.2) is 0 Å². The first kappa shape index (κ1) is 13.1. The molecule has 4 heteroatoms. The lowest BCUT2D eigenvalue weighted by atomic mass is 10.0. The topological polar surface area (TPSA) is 41.5 Å². The Morgan fingerprint density at radius 2 is 2.12 bits per heavy atom. The van der Waals surface area contributed by atoms with E-state index in [4.69, 9.17) is 21.4 Å². The van der Waals surface area contributed by atoms with Crippen LogP contribution in [0.2, 0.25) is 5.02 Å². The Morgan fingerprint density at radius 1 is 1.44 bits per heavy atom. The number of aliphatic hydroxyl groups excluding tert-OH is 1. The highest BCUT2D eigenvalue weighted by Gasteiger charge is 2.17. The van der Waals surface area contributed by atoms with Gasteiger partial charge in [-0.05, 0) is 32.4 Å². The summed E-state index contributed by atoms with van der Waals surface area (Å²) in [7, 11) is 1.61. The van der Waals surface area contributed by atoms with E-state index in [0.717, 1.165) is 11.4 Å². The molecule has 0 spiro atoms. The van der Waals surface area contributed by atoms with Gasteiger partial charge in [-0.3, -0.25) is 0 Å². The molecular formula is C12H18ClNO2. The molecule has 0 saturated heterocycles. The molecule has 0 amide bonds. The summed E-state index contributed by atoms with van der Waals surface area (Å²) in [4.78, 5) is 0. The minimum Gasteiger partial charge on any atom is -0.497 e. The van der Waals surface area contributed by atoms with Gasteiger partial charge in [-0.15, -0.1) is 0 Å². The number of benzene rings is 1. The van der Waals surface area contributed by atoms with Crippen molar-refractivity contribution in [2.75, 3.05) is 19.0 Å². The van der Waals surface area contributed by atoms with Crippen LogP contribution in [0, 0.1) is 0 Å². The SMILES string of the molecule is COc1ccc(NC(C)(C)CCO)c(Cl)c1. The van der Waals surface area contributed by atoms with Crippen LogP contribution < -0.4 is 10.1 Å². The Kier molecular flexibility index (Phi) is 4.44. The van der Waals surface area contributed by atoms with Gasteiger partial charge in [-0.1, -0.05) is 11.6 Å². The summed E-state index contributed by atoms with van der Waals surface area (Å²) in [5.74, 6) is 0.732. The maximum absolute atomic E-state index is 8.94. The van der Waals surface area contributed by atoms with Crippen molar-refractivity contribution in [3.8, 4) is 5.75 Å². The number of aliphatic hydroxyl groups is 1. The van der Waals surface area contributed by atoms with Crippen molar-refractivity contribution < 1.29 is 9.84 Å². The molecule has 1 aromatic rings. The molecule has 0 unspecified atom stereocenters. The Morgan fingerprint density at radius 3 is 2.62 bits per heavy atom. The number of anilines is 1. The van der Waals surface area contributed by atoms with E-state index < -0.39 is 0 Å². The molecule has 0 aliphatic rings. The van der Waals surface area contributed by atoms with Crippen LogP contribution in [-0.4, -0.2) is 24.4 Å². The molecule has 0 aliphatic carbocycles. The molecule has 0 bridgehead atoms. The maximum Gasteiger partial charge on any atom is 0.120 e. The summed E-state index contributed by atoms with van der Waals surface area (Å²) < 4.78 is 5.08. The highest BCUT2D eigenvalue weighted by atomic mass is 35.5. The molecule has 0 heterocycles. The Hall–Kier alpha value is -0.930. The predicted molar refractivity (Wildman–Crippen MR) is 67.4 cm³/mol. The number of methoxy groups -OCH3 is 1. The van der Waals surface area contributed by atoms with E-state index in [2.05, 4.69) is 5.32 Å². The zero-order valence-electron chi connectivity index (χ0n) is 9.88. The van der Waals surface area contributed by atoms with Crippen LogP contribution in [-0.2, 0) is 0 Å². The van der Waals surface area contributed by atoms with Crippen molar-refractivity contribution in [3.63, 3.8) is 0 Å². The molecule has 0 atom stereocenters. The normalized spacial score (nSPS) is 11.3. The van der Waals surface area contributed by atoms with Crippen LogP contribution >= 0.6 is 11.6 Å². The quantitative estimate of drug-likeness (QED) is 0.836. The molecule has 0 radical (unpaired) electrons. The van der Waals surface area contributed by atoms with Crippen molar-refractivity contribution in [3.05, 3.63) is 23.2 Å². The molecule has 2 N–H and O–H groups in total. The minimum atomic E-state index is -0.188. The van der Waals surface area contributed by atoms with Crippen LogP contribution in [0.1, 0.15) is 20.3 Å². The van der Waals surface area contributed by atoms with Crippen LogP contribution in [0.25, 0.3) is 0 Å². The number of ether oxygens (including phenoxy) is 1. The zero-order chi connectivity index (χ0) is 12.2. The second kappa shape index (κ2) is 5.41. The van der Waals surface area contributed by atoms with Gasteiger partial charge in [0.25, 0.3) is 0 Å². The maximum atomic E-state index is 8.94. The molecule has 1 aromatic carbocycles. The molecule has 0 saturated carbocycles. The molecule has 0 fully saturated rings. The van der Waals surface area contributed by atoms with Crippen molar-refractivity contribution in [1.29, 1.82) is 0 Å². The van der Waals surface area contributed by atoms with Gasteiger partial charge >= 0.3 is 0 Å². The second-order valence-electron chi connectivity index (χ2n) is 4.33. The average Bonchev–Trinajstić information content (AvgIpc) is 2.20. The van der Waals surface area contributed by atoms with E-state index in [1.54, 1.807) is 13.2 Å². The largest absolute Gasteiger partial charge is 0.497 e. The number of halogens is 1. The van der Waals surface area contributed by atoms with Gasteiger partial charge in [-0.25, -0.2) is 0 Å². The number of hydrogen-bond donors (Lipinski definition) is 2. The molecule has 1 rings (SSSR count). The number of rotatable bonds is 5. The Labute approximate surface area is 101 Å². The van der Waals surface area contributed by atoms with Gasteiger partial charge in [0.1, 0.15) is 5.75 Å². The van der Waals surface area contributed by atoms with E-state index in [9.17, 15) is 0 Å². The van der Waals surface area contributed by atoms with E-state index in [1.807, 2.05) is 26.0 Å². The lowest BCUT2D eigenvalue weighted by Gasteiger charge is -2.27. The Balaban J connectivity index is 2.81. The van der Waals surface area contributed by atoms with Crippen LogP contribution in [0.3, 0.4) is 0 Å². The monoisotopic (exact) mass is 243 g/mol. The highest BCUT2D eigenvalue weighted by molar-refractivity contribution is 6.33. The lowest BCUT2D eigenvalue weighted by molar-refractivity contribution is 0.261.